The molecule has 2 saturated heterocycles. The normalized spacial score (nSPS) is 23.8. The Morgan fingerprint density at radius 3 is 2.79 bits per heavy atom. The highest BCUT2D eigenvalue weighted by Gasteiger charge is 2.46. The number of amides is 1. The zero-order chi connectivity index (χ0) is 16.7. The summed E-state index contributed by atoms with van der Waals surface area (Å²) in [6.45, 7) is 4.04. The number of likely N-dealkylation sites (N-methyl/N-ethyl adjacent to an activating group) is 1. The number of hydrogen-bond acceptors (Lipinski definition) is 6. The summed E-state index contributed by atoms with van der Waals surface area (Å²) in [5.41, 5.74) is -0.436. The van der Waals surface area contributed by atoms with Gasteiger partial charge in [-0.1, -0.05) is 0 Å². The second-order valence-corrected chi connectivity index (χ2v) is 6.51. The van der Waals surface area contributed by atoms with Gasteiger partial charge in [-0.2, -0.15) is 5.10 Å². The Bertz CT molecular complexity index is 762. The molecule has 4 rings (SSSR count). The molecule has 126 valence electrons. The Labute approximate surface area is 140 Å². The van der Waals surface area contributed by atoms with Gasteiger partial charge in [0.05, 0.1) is 13.1 Å². The molecule has 0 aromatic carbocycles. The van der Waals surface area contributed by atoms with Crippen molar-refractivity contribution in [1.29, 1.82) is 0 Å². The number of piperidine rings is 1. The zero-order valence-corrected chi connectivity index (χ0v) is 13.8. The highest BCUT2D eigenvalue weighted by atomic mass is 16.6. The fourth-order valence-corrected chi connectivity index (χ4v) is 3.52. The summed E-state index contributed by atoms with van der Waals surface area (Å²) in [4.78, 5) is 24.7. The van der Waals surface area contributed by atoms with Crippen molar-refractivity contribution in [2.24, 2.45) is 0 Å². The molecule has 0 saturated carbocycles. The van der Waals surface area contributed by atoms with Gasteiger partial charge >= 0.3 is 6.09 Å². The van der Waals surface area contributed by atoms with E-state index in [0.717, 1.165) is 31.0 Å². The van der Waals surface area contributed by atoms with Crippen LogP contribution < -0.4 is 4.90 Å². The summed E-state index contributed by atoms with van der Waals surface area (Å²) in [5.74, 6) is 2.28. The summed E-state index contributed by atoms with van der Waals surface area (Å²) in [6, 6.07) is 3.79. The molecule has 1 spiro atoms. The van der Waals surface area contributed by atoms with E-state index < -0.39 is 5.60 Å². The number of aromatic nitrogens is 4. The van der Waals surface area contributed by atoms with E-state index in [0.29, 0.717) is 18.9 Å². The van der Waals surface area contributed by atoms with Gasteiger partial charge in [-0.15, -0.1) is 0 Å². The van der Waals surface area contributed by atoms with Gasteiger partial charge in [-0.05, 0) is 25.8 Å². The fraction of sp³-hybridized carbons (Fsp3) is 0.500. The number of aryl methyl sites for hydroxylation is 1. The predicted octanol–water partition coefficient (Wildman–Crippen LogP) is 1.39. The molecule has 8 nitrogen and oxygen atoms in total. The van der Waals surface area contributed by atoms with E-state index in [1.807, 2.05) is 25.3 Å². The molecule has 0 N–H and O–H groups in total. The maximum Gasteiger partial charge on any atom is 0.410 e. The average molecular weight is 328 g/mol. The highest BCUT2D eigenvalue weighted by Crippen LogP contribution is 2.33. The Morgan fingerprint density at radius 2 is 2.08 bits per heavy atom. The van der Waals surface area contributed by atoms with Gasteiger partial charge in [0.15, 0.2) is 5.82 Å². The van der Waals surface area contributed by atoms with Gasteiger partial charge in [0, 0.05) is 32.1 Å². The molecular weight excluding hydrogens is 308 g/mol. The number of ether oxygens (including phenoxy) is 1. The summed E-state index contributed by atoms with van der Waals surface area (Å²) in [5, 5.41) is 4.24. The van der Waals surface area contributed by atoms with E-state index in [1.54, 1.807) is 22.8 Å². The summed E-state index contributed by atoms with van der Waals surface area (Å²) in [6.07, 6.45) is 5.18. The molecule has 4 heterocycles. The number of carbonyl (C=O) groups excluding carboxylic acids is 1. The lowest BCUT2D eigenvalue weighted by Gasteiger charge is -2.39. The molecule has 1 amide bonds. The van der Waals surface area contributed by atoms with E-state index in [1.165, 1.54) is 0 Å². The third-order valence-corrected chi connectivity index (χ3v) is 4.55. The monoisotopic (exact) mass is 328 g/mol. The first kappa shape index (κ1) is 14.9. The average Bonchev–Trinajstić information content (AvgIpc) is 3.16. The van der Waals surface area contributed by atoms with Crippen LogP contribution in [0, 0.1) is 6.92 Å². The van der Waals surface area contributed by atoms with Crippen LogP contribution in [0.1, 0.15) is 18.7 Å². The first-order valence-electron chi connectivity index (χ1n) is 8.09. The van der Waals surface area contributed by atoms with Gasteiger partial charge in [-0.25, -0.2) is 19.4 Å². The molecular formula is C16H20N6O2. The molecule has 0 radical (unpaired) electrons. The van der Waals surface area contributed by atoms with Crippen LogP contribution in [0.4, 0.5) is 10.6 Å². The molecule has 0 aliphatic carbocycles. The minimum atomic E-state index is -0.436. The summed E-state index contributed by atoms with van der Waals surface area (Å²) in [7, 11) is 1.78. The first-order chi connectivity index (χ1) is 11.5. The van der Waals surface area contributed by atoms with Gasteiger partial charge in [0.2, 0.25) is 0 Å². The Kier molecular flexibility index (Phi) is 3.40. The third-order valence-electron chi connectivity index (χ3n) is 4.55. The topological polar surface area (TPSA) is 76.4 Å². The molecule has 8 heteroatoms. The smallest absolute Gasteiger partial charge is 0.410 e. The highest BCUT2D eigenvalue weighted by molar-refractivity contribution is 5.70. The van der Waals surface area contributed by atoms with Crippen molar-refractivity contribution >= 4 is 11.9 Å². The van der Waals surface area contributed by atoms with E-state index in [2.05, 4.69) is 20.0 Å². The Balaban J connectivity index is 1.63. The lowest BCUT2D eigenvalue weighted by Crippen LogP contribution is -2.51. The van der Waals surface area contributed by atoms with Crippen LogP contribution in [0.3, 0.4) is 0 Å². The van der Waals surface area contributed by atoms with E-state index in [4.69, 9.17) is 4.74 Å². The number of hydrogen-bond donors (Lipinski definition) is 0. The minimum absolute atomic E-state index is 0.243. The first-order valence-corrected chi connectivity index (χ1v) is 8.09. The lowest BCUT2D eigenvalue weighted by molar-refractivity contribution is 0.0445. The molecule has 0 unspecified atom stereocenters. The van der Waals surface area contributed by atoms with Crippen molar-refractivity contribution in [3.8, 4) is 5.82 Å². The molecule has 2 aliphatic rings. The quantitative estimate of drug-likeness (QED) is 0.829. The standard InChI is InChI=1S/C16H20N6O2/c1-12-18-13(9-14(19-12)22-8-4-6-17-22)21-7-3-5-16(11-21)10-20(2)15(23)24-16/h4,6,8-9H,3,5,7,10-11H2,1-2H3/t16-/m0/s1. The van der Waals surface area contributed by atoms with Crippen molar-refractivity contribution in [3.05, 3.63) is 30.4 Å². The van der Waals surface area contributed by atoms with Crippen molar-refractivity contribution in [2.45, 2.75) is 25.4 Å². The summed E-state index contributed by atoms with van der Waals surface area (Å²) >= 11 is 0. The molecule has 24 heavy (non-hydrogen) atoms. The molecule has 2 aromatic rings. The van der Waals surface area contributed by atoms with Gasteiger partial charge in [0.25, 0.3) is 0 Å². The lowest BCUT2D eigenvalue weighted by atomic mass is 9.93. The molecule has 2 aliphatic heterocycles. The third kappa shape index (κ3) is 2.57. The second kappa shape index (κ2) is 5.47. The number of carbonyl (C=O) groups is 1. The molecule has 2 aromatic heterocycles. The largest absolute Gasteiger partial charge is 0.439 e. The van der Waals surface area contributed by atoms with Crippen LogP contribution in [-0.4, -0.2) is 63.0 Å². The van der Waals surface area contributed by atoms with Crippen molar-refractivity contribution in [3.63, 3.8) is 0 Å². The second-order valence-electron chi connectivity index (χ2n) is 6.51. The fourth-order valence-electron chi connectivity index (χ4n) is 3.52. The minimum Gasteiger partial charge on any atom is -0.439 e. The Morgan fingerprint density at radius 1 is 1.25 bits per heavy atom. The van der Waals surface area contributed by atoms with E-state index in [-0.39, 0.29) is 6.09 Å². The molecule has 0 bridgehead atoms. The van der Waals surface area contributed by atoms with Gasteiger partial charge in [-0.3, -0.25) is 0 Å². The van der Waals surface area contributed by atoms with Crippen LogP contribution in [0.15, 0.2) is 24.5 Å². The van der Waals surface area contributed by atoms with Crippen LogP contribution in [0.25, 0.3) is 5.82 Å². The van der Waals surface area contributed by atoms with Crippen LogP contribution in [0.5, 0.6) is 0 Å². The zero-order valence-electron chi connectivity index (χ0n) is 13.8. The van der Waals surface area contributed by atoms with Crippen LogP contribution in [-0.2, 0) is 4.74 Å². The predicted molar refractivity (Wildman–Crippen MR) is 87.2 cm³/mol. The molecule has 2 fully saturated rings. The number of rotatable bonds is 2. The van der Waals surface area contributed by atoms with E-state index >= 15 is 0 Å². The van der Waals surface area contributed by atoms with Crippen LogP contribution in [0.2, 0.25) is 0 Å². The molecule has 1 atom stereocenters. The van der Waals surface area contributed by atoms with Gasteiger partial charge < -0.3 is 14.5 Å². The maximum absolute atomic E-state index is 11.8. The Hall–Kier alpha value is -2.64. The van der Waals surface area contributed by atoms with Crippen molar-refractivity contribution in [2.75, 3.05) is 31.6 Å². The van der Waals surface area contributed by atoms with Crippen molar-refractivity contribution < 1.29 is 9.53 Å². The van der Waals surface area contributed by atoms with Crippen molar-refractivity contribution in [1.82, 2.24) is 24.6 Å². The number of nitrogens with zero attached hydrogens (tertiary/aromatic N) is 6. The van der Waals surface area contributed by atoms with E-state index in [9.17, 15) is 4.79 Å². The maximum atomic E-state index is 11.8. The number of anilines is 1. The SMILES string of the molecule is Cc1nc(N2CCC[C@]3(CN(C)C(=O)O3)C2)cc(-n2cccn2)n1. The van der Waals surface area contributed by atoms with Gasteiger partial charge in [0.1, 0.15) is 17.2 Å². The van der Waals surface area contributed by atoms with Crippen LogP contribution >= 0.6 is 0 Å². The summed E-state index contributed by atoms with van der Waals surface area (Å²) < 4.78 is 7.39.